The van der Waals surface area contributed by atoms with Gasteiger partial charge in [0.1, 0.15) is 0 Å². The van der Waals surface area contributed by atoms with Crippen LogP contribution in [0.25, 0.3) is 0 Å². The number of sulfonamides is 1. The molecule has 1 heterocycles. The van der Waals surface area contributed by atoms with E-state index < -0.39 is 19.9 Å². The second kappa shape index (κ2) is 8.13. The highest BCUT2D eigenvalue weighted by atomic mass is 32.2. The Balaban J connectivity index is 1.90. The van der Waals surface area contributed by atoms with Gasteiger partial charge in [0.2, 0.25) is 10.0 Å². The standard InChI is InChI=1S/C21H26N2O5S2/c1-15(2)22(3)30(27,28)18-9-7-16(8-10-18)21(24)23-13-5-6-17-14-19(29(4,25)26)11-12-20(17)23/h7-12,14-15H,5-6,13H2,1-4H3. The lowest BCUT2D eigenvalue weighted by molar-refractivity contribution is 0.0985. The predicted molar refractivity (Wildman–Crippen MR) is 116 cm³/mol. The van der Waals surface area contributed by atoms with Gasteiger partial charge in [-0.1, -0.05) is 0 Å². The van der Waals surface area contributed by atoms with E-state index in [1.54, 1.807) is 30.9 Å². The van der Waals surface area contributed by atoms with E-state index in [0.717, 1.165) is 18.2 Å². The Labute approximate surface area is 178 Å². The minimum absolute atomic E-state index is 0.132. The number of hydrogen-bond acceptors (Lipinski definition) is 5. The van der Waals surface area contributed by atoms with Gasteiger partial charge in [-0.3, -0.25) is 4.79 Å². The van der Waals surface area contributed by atoms with Crippen LogP contribution in [0.1, 0.15) is 36.2 Å². The Bertz CT molecular complexity index is 1170. The lowest BCUT2D eigenvalue weighted by Gasteiger charge is -2.30. The Morgan fingerprint density at radius 3 is 2.17 bits per heavy atom. The number of benzene rings is 2. The number of aryl methyl sites for hydroxylation is 1. The predicted octanol–water partition coefficient (Wildman–Crippen LogP) is 2.71. The van der Waals surface area contributed by atoms with Crippen LogP contribution in [0, 0.1) is 0 Å². The van der Waals surface area contributed by atoms with Crippen LogP contribution in [0.4, 0.5) is 5.69 Å². The fourth-order valence-corrected chi connectivity index (χ4v) is 5.42. The maximum absolute atomic E-state index is 13.1. The van der Waals surface area contributed by atoms with Crippen LogP contribution in [-0.4, -0.2) is 52.9 Å². The van der Waals surface area contributed by atoms with Crippen molar-refractivity contribution in [2.24, 2.45) is 0 Å². The molecule has 0 saturated heterocycles. The molecule has 0 saturated carbocycles. The molecule has 0 bridgehead atoms. The Kier molecular flexibility index (Phi) is 6.08. The van der Waals surface area contributed by atoms with Crippen LogP contribution in [0.2, 0.25) is 0 Å². The Hall–Kier alpha value is -2.23. The third kappa shape index (κ3) is 4.28. The second-order valence-electron chi connectivity index (χ2n) is 7.76. The molecule has 7 nitrogen and oxygen atoms in total. The molecule has 0 aromatic heterocycles. The minimum Gasteiger partial charge on any atom is -0.308 e. The normalized spacial score (nSPS) is 14.8. The number of rotatable bonds is 5. The van der Waals surface area contributed by atoms with Crippen molar-refractivity contribution in [1.29, 1.82) is 0 Å². The molecule has 1 amide bonds. The van der Waals surface area contributed by atoms with Gasteiger partial charge in [-0.05, 0) is 74.7 Å². The van der Waals surface area contributed by atoms with Crippen molar-refractivity contribution < 1.29 is 21.6 Å². The van der Waals surface area contributed by atoms with Gasteiger partial charge in [0.25, 0.3) is 5.91 Å². The van der Waals surface area contributed by atoms with E-state index in [0.29, 0.717) is 24.2 Å². The van der Waals surface area contributed by atoms with Crippen molar-refractivity contribution in [3.05, 3.63) is 53.6 Å². The van der Waals surface area contributed by atoms with Crippen molar-refractivity contribution >= 4 is 31.5 Å². The van der Waals surface area contributed by atoms with Gasteiger partial charge in [-0.2, -0.15) is 4.31 Å². The van der Waals surface area contributed by atoms with Crippen molar-refractivity contribution in [3.63, 3.8) is 0 Å². The molecule has 3 rings (SSSR count). The number of anilines is 1. The first kappa shape index (κ1) is 22.5. The molecule has 0 spiro atoms. The maximum Gasteiger partial charge on any atom is 0.258 e. The Morgan fingerprint density at radius 2 is 1.60 bits per heavy atom. The number of carbonyl (C=O) groups excluding carboxylic acids is 1. The zero-order valence-corrected chi connectivity index (χ0v) is 19.1. The van der Waals surface area contributed by atoms with Gasteiger partial charge in [0.05, 0.1) is 9.79 Å². The summed E-state index contributed by atoms with van der Waals surface area (Å²) in [6.07, 6.45) is 2.57. The molecule has 0 atom stereocenters. The largest absolute Gasteiger partial charge is 0.308 e. The van der Waals surface area contributed by atoms with Crippen LogP contribution in [0.15, 0.2) is 52.3 Å². The lowest BCUT2D eigenvalue weighted by atomic mass is 10.0. The number of hydrogen-bond donors (Lipinski definition) is 0. The number of sulfone groups is 1. The molecular weight excluding hydrogens is 424 g/mol. The van der Waals surface area contributed by atoms with Gasteiger partial charge >= 0.3 is 0 Å². The molecule has 162 valence electrons. The summed E-state index contributed by atoms with van der Waals surface area (Å²) in [7, 11) is -5.42. The first-order valence-corrected chi connectivity index (χ1v) is 13.0. The third-order valence-corrected chi connectivity index (χ3v) is 8.51. The van der Waals surface area contributed by atoms with E-state index in [2.05, 4.69) is 0 Å². The van der Waals surface area contributed by atoms with Crippen molar-refractivity contribution in [1.82, 2.24) is 4.31 Å². The van der Waals surface area contributed by atoms with Crippen LogP contribution < -0.4 is 4.90 Å². The second-order valence-corrected chi connectivity index (χ2v) is 11.8. The molecule has 9 heteroatoms. The average molecular weight is 451 g/mol. The highest BCUT2D eigenvalue weighted by Crippen LogP contribution is 2.31. The van der Waals surface area contributed by atoms with E-state index in [9.17, 15) is 21.6 Å². The van der Waals surface area contributed by atoms with E-state index in [-0.39, 0.29) is 21.7 Å². The quantitative estimate of drug-likeness (QED) is 0.698. The lowest BCUT2D eigenvalue weighted by Crippen LogP contribution is -2.35. The fraction of sp³-hybridized carbons (Fsp3) is 0.381. The van der Waals surface area contributed by atoms with Gasteiger partial charge in [-0.25, -0.2) is 16.8 Å². The number of nitrogens with zero attached hydrogens (tertiary/aromatic N) is 2. The summed E-state index contributed by atoms with van der Waals surface area (Å²) in [6.45, 7) is 4.09. The highest BCUT2D eigenvalue weighted by Gasteiger charge is 2.26. The summed E-state index contributed by atoms with van der Waals surface area (Å²) in [5.74, 6) is -0.246. The number of fused-ring (bicyclic) bond motifs is 1. The molecule has 0 unspecified atom stereocenters. The van der Waals surface area contributed by atoms with Crippen molar-refractivity contribution in [2.45, 2.75) is 42.5 Å². The van der Waals surface area contributed by atoms with Crippen LogP contribution >= 0.6 is 0 Å². The summed E-state index contributed by atoms with van der Waals surface area (Å²) in [5.41, 5.74) is 1.88. The molecule has 2 aromatic rings. The zero-order chi connectivity index (χ0) is 22.3. The monoisotopic (exact) mass is 450 g/mol. The van der Waals surface area contributed by atoms with E-state index >= 15 is 0 Å². The minimum atomic E-state index is -3.62. The summed E-state index contributed by atoms with van der Waals surface area (Å²) in [4.78, 5) is 15.1. The van der Waals surface area contributed by atoms with Gasteiger partial charge < -0.3 is 4.90 Å². The summed E-state index contributed by atoms with van der Waals surface area (Å²) in [6, 6.07) is 10.5. The van der Waals surface area contributed by atoms with Gasteiger partial charge in [-0.15, -0.1) is 0 Å². The summed E-state index contributed by atoms with van der Waals surface area (Å²) >= 11 is 0. The molecule has 0 radical (unpaired) electrons. The molecule has 0 N–H and O–H groups in total. The molecule has 0 fully saturated rings. The molecular formula is C21H26N2O5S2. The van der Waals surface area contributed by atoms with Crippen LogP contribution in [0.3, 0.4) is 0 Å². The highest BCUT2D eigenvalue weighted by molar-refractivity contribution is 7.90. The molecule has 1 aliphatic heterocycles. The zero-order valence-electron chi connectivity index (χ0n) is 17.5. The van der Waals surface area contributed by atoms with E-state index in [4.69, 9.17) is 0 Å². The maximum atomic E-state index is 13.1. The van der Waals surface area contributed by atoms with Crippen LogP contribution in [0.5, 0.6) is 0 Å². The van der Waals surface area contributed by atoms with E-state index in [1.165, 1.54) is 41.7 Å². The smallest absolute Gasteiger partial charge is 0.258 e. The summed E-state index contributed by atoms with van der Waals surface area (Å²) < 4.78 is 50.2. The Morgan fingerprint density at radius 1 is 1.00 bits per heavy atom. The topological polar surface area (TPSA) is 91.8 Å². The fourth-order valence-electron chi connectivity index (χ4n) is 3.38. The summed E-state index contributed by atoms with van der Waals surface area (Å²) in [5, 5.41) is 0. The van der Waals surface area contributed by atoms with Gasteiger partial charge in [0.15, 0.2) is 9.84 Å². The molecule has 0 aliphatic carbocycles. The first-order chi connectivity index (χ1) is 13.9. The third-order valence-electron chi connectivity index (χ3n) is 5.35. The first-order valence-electron chi connectivity index (χ1n) is 9.66. The number of amides is 1. The molecule has 30 heavy (non-hydrogen) atoms. The average Bonchev–Trinajstić information content (AvgIpc) is 2.71. The van der Waals surface area contributed by atoms with Crippen molar-refractivity contribution in [3.8, 4) is 0 Å². The van der Waals surface area contributed by atoms with E-state index in [1.807, 2.05) is 0 Å². The molecule has 1 aliphatic rings. The van der Waals surface area contributed by atoms with Gasteiger partial charge in [0, 0.05) is 37.1 Å². The SMILES string of the molecule is CC(C)N(C)S(=O)(=O)c1ccc(C(=O)N2CCCc3cc(S(C)(=O)=O)ccc32)cc1. The molecule has 2 aromatic carbocycles. The number of carbonyl (C=O) groups is 1. The van der Waals surface area contributed by atoms with Crippen LogP contribution in [-0.2, 0) is 26.3 Å². The van der Waals surface area contributed by atoms with Crippen molar-refractivity contribution in [2.75, 3.05) is 24.7 Å².